The molecule has 0 saturated carbocycles. The van der Waals surface area contributed by atoms with E-state index in [2.05, 4.69) is 0 Å². The van der Waals surface area contributed by atoms with Crippen LogP contribution in [0.2, 0.25) is 0 Å². The third-order valence-corrected chi connectivity index (χ3v) is 5.21. The molecule has 0 fully saturated rings. The average Bonchev–Trinajstić information content (AvgIpc) is 2.37. The molecule has 0 aromatic heterocycles. The first-order valence-electron chi connectivity index (χ1n) is 7.06. The van der Waals surface area contributed by atoms with E-state index < -0.39 is 27.4 Å². The number of hydrogen-bond acceptors (Lipinski definition) is 3. The van der Waals surface area contributed by atoms with Crippen molar-refractivity contribution in [2.75, 3.05) is 10.6 Å². The minimum atomic E-state index is -3.45. The Kier molecular flexibility index (Phi) is 4.08. The highest BCUT2D eigenvalue weighted by molar-refractivity contribution is 7.92. The fourth-order valence-corrected chi connectivity index (χ4v) is 3.97. The topological polar surface area (TPSA) is 74.7 Å². The Labute approximate surface area is 131 Å². The van der Waals surface area contributed by atoms with Gasteiger partial charge in [-0.25, -0.2) is 8.42 Å². The monoisotopic (exact) mass is 323 g/mol. The average molecular weight is 323 g/mol. The van der Waals surface area contributed by atoms with Crippen molar-refractivity contribution in [2.24, 2.45) is 5.41 Å². The quantitative estimate of drug-likeness (QED) is 0.924. The minimum Gasteiger partial charge on any atom is -0.481 e. The summed E-state index contributed by atoms with van der Waals surface area (Å²) in [4.78, 5) is 11.4. The number of carboxylic acid groups (broad SMARTS) is 1. The van der Waals surface area contributed by atoms with E-state index in [1.165, 1.54) is 10.6 Å². The van der Waals surface area contributed by atoms with Crippen LogP contribution in [0.3, 0.4) is 0 Å². The minimum absolute atomic E-state index is 0.295. The zero-order valence-electron chi connectivity index (χ0n) is 13.2. The van der Waals surface area contributed by atoms with Crippen LogP contribution in [0, 0.1) is 5.41 Å². The lowest BCUT2D eigenvalue weighted by molar-refractivity contribution is -0.146. The molecule has 1 aromatic rings. The van der Waals surface area contributed by atoms with E-state index in [1.807, 2.05) is 18.2 Å². The number of benzene rings is 1. The summed E-state index contributed by atoms with van der Waals surface area (Å²) in [6, 6.07) is 6.84. The van der Waals surface area contributed by atoms with Crippen molar-refractivity contribution < 1.29 is 18.3 Å². The highest BCUT2D eigenvalue weighted by Gasteiger charge is 2.36. The van der Waals surface area contributed by atoms with Crippen molar-refractivity contribution in [3.63, 3.8) is 0 Å². The van der Waals surface area contributed by atoms with Crippen LogP contribution in [0.4, 0.5) is 5.69 Å². The van der Waals surface area contributed by atoms with Gasteiger partial charge >= 0.3 is 5.97 Å². The van der Waals surface area contributed by atoms with Crippen molar-refractivity contribution in [2.45, 2.75) is 33.2 Å². The fraction of sp³-hybridized carbons (Fsp3) is 0.438. The Morgan fingerprint density at radius 3 is 2.45 bits per heavy atom. The third kappa shape index (κ3) is 3.02. The number of anilines is 1. The van der Waals surface area contributed by atoms with Gasteiger partial charge in [-0.05, 0) is 44.4 Å². The number of nitrogens with zero attached hydrogens (tertiary/aromatic N) is 1. The smallest absolute Gasteiger partial charge is 0.309 e. The van der Waals surface area contributed by atoms with Crippen LogP contribution in [0.1, 0.15) is 32.8 Å². The molecule has 1 N–H and O–H groups in total. The van der Waals surface area contributed by atoms with Gasteiger partial charge in [-0.2, -0.15) is 0 Å². The third-order valence-electron chi connectivity index (χ3n) is 3.99. The first kappa shape index (κ1) is 16.5. The Morgan fingerprint density at radius 2 is 1.91 bits per heavy atom. The summed E-state index contributed by atoms with van der Waals surface area (Å²) in [5.41, 5.74) is 1.28. The molecule has 1 heterocycles. The second kappa shape index (κ2) is 5.43. The van der Waals surface area contributed by atoms with Gasteiger partial charge in [0.05, 0.1) is 23.4 Å². The number of fused-ring (bicyclic) bond motifs is 1. The fourth-order valence-electron chi connectivity index (χ4n) is 2.74. The molecule has 5 nitrogen and oxygen atoms in total. The van der Waals surface area contributed by atoms with E-state index in [1.54, 1.807) is 32.9 Å². The van der Waals surface area contributed by atoms with Crippen molar-refractivity contribution in [1.82, 2.24) is 0 Å². The second-order valence-electron chi connectivity index (χ2n) is 6.38. The Bertz CT molecular complexity index is 734. The molecular weight excluding hydrogens is 302 g/mol. The summed E-state index contributed by atoms with van der Waals surface area (Å²) in [6.45, 7) is 5.09. The molecule has 0 saturated heterocycles. The number of carboxylic acids is 1. The molecule has 0 unspecified atom stereocenters. The normalized spacial score (nSPS) is 18.6. The van der Waals surface area contributed by atoms with Crippen molar-refractivity contribution in [3.8, 4) is 0 Å². The zero-order valence-corrected chi connectivity index (χ0v) is 14.0. The maximum Gasteiger partial charge on any atom is 0.309 e. The predicted octanol–water partition coefficient (Wildman–Crippen LogP) is 2.74. The van der Waals surface area contributed by atoms with Crippen LogP contribution >= 0.6 is 0 Å². The van der Waals surface area contributed by atoms with Crippen LogP contribution in [-0.4, -0.2) is 31.8 Å². The van der Waals surface area contributed by atoms with Crippen LogP contribution in [0.15, 0.2) is 29.8 Å². The second-order valence-corrected chi connectivity index (χ2v) is 8.24. The highest BCUT2D eigenvalue weighted by atomic mass is 32.2. The molecule has 1 aromatic carbocycles. The van der Waals surface area contributed by atoms with E-state index in [0.717, 1.165) is 11.1 Å². The standard InChI is InChI=1S/C16H21NO4S/c1-11-13(10-16(2,3)15(18)19)9-12-7-5-6-8-14(12)17(11)22(4,20)21/h5-9,11H,10H2,1-4H3,(H,18,19)/t11-/m1/s1. The summed E-state index contributed by atoms with van der Waals surface area (Å²) in [7, 11) is -3.45. The van der Waals surface area contributed by atoms with Gasteiger partial charge in [-0.3, -0.25) is 9.10 Å². The maximum absolute atomic E-state index is 12.2. The van der Waals surface area contributed by atoms with Crippen molar-refractivity contribution >= 4 is 27.8 Å². The number of hydrogen-bond donors (Lipinski definition) is 1. The summed E-state index contributed by atoms with van der Waals surface area (Å²) in [5, 5.41) is 9.32. The molecule has 1 atom stereocenters. The molecular formula is C16H21NO4S. The number of carbonyl (C=O) groups is 1. The maximum atomic E-state index is 12.2. The number of para-hydroxylation sites is 1. The molecule has 0 spiro atoms. The first-order chi connectivity index (χ1) is 10.0. The first-order valence-corrected chi connectivity index (χ1v) is 8.91. The van der Waals surface area contributed by atoms with Gasteiger partial charge in [0.25, 0.3) is 0 Å². The lowest BCUT2D eigenvalue weighted by Gasteiger charge is -2.37. The van der Waals surface area contributed by atoms with E-state index in [4.69, 9.17) is 0 Å². The summed E-state index contributed by atoms with van der Waals surface area (Å²) < 4.78 is 25.7. The summed E-state index contributed by atoms with van der Waals surface area (Å²) in [6.07, 6.45) is 3.38. The highest BCUT2D eigenvalue weighted by Crippen LogP contribution is 2.38. The number of rotatable bonds is 4. The van der Waals surface area contributed by atoms with Crippen LogP contribution in [-0.2, 0) is 14.8 Å². The summed E-state index contributed by atoms with van der Waals surface area (Å²) in [5.74, 6) is -0.898. The van der Waals surface area contributed by atoms with Gasteiger partial charge in [0, 0.05) is 0 Å². The zero-order chi connectivity index (χ0) is 16.7. The molecule has 0 amide bonds. The van der Waals surface area contributed by atoms with E-state index in [-0.39, 0.29) is 0 Å². The van der Waals surface area contributed by atoms with Crippen molar-refractivity contribution in [3.05, 3.63) is 35.4 Å². The van der Waals surface area contributed by atoms with Gasteiger partial charge in [0.15, 0.2) is 0 Å². The molecule has 1 aliphatic heterocycles. The van der Waals surface area contributed by atoms with Gasteiger partial charge in [-0.1, -0.05) is 24.3 Å². The molecule has 2 rings (SSSR count). The molecule has 0 bridgehead atoms. The van der Waals surface area contributed by atoms with Gasteiger partial charge in [-0.15, -0.1) is 0 Å². The lowest BCUT2D eigenvalue weighted by atomic mass is 9.82. The van der Waals surface area contributed by atoms with Crippen molar-refractivity contribution in [1.29, 1.82) is 0 Å². The SMILES string of the molecule is C[C@@H]1C(CC(C)(C)C(=O)O)=Cc2ccccc2N1S(C)(=O)=O. The molecule has 6 heteroatoms. The van der Waals surface area contributed by atoms with Crippen LogP contribution in [0.25, 0.3) is 6.08 Å². The van der Waals surface area contributed by atoms with Crippen LogP contribution in [0.5, 0.6) is 0 Å². The van der Waals surface area contributed by atoms with Gasteiger partial charge < -0.3 is 5.11 Å². The Morgan fingerprint density at radius 1 is 1.32 bits per heavy atom. The summed E-state index contributed by atoms with van der Waals surface area (Å²) >= 11 is 0. The number of sulfonamides is 1. The van der Waals surface area contributed by atoms with Gasteiger partial charge in [0.2, 0.25) is 10.0 Å². The van der Waals surface area contributed by atoms with E-state index >= 15 is 0 Å². The Balaban J connectivity index is 2.54. The van der Waals surface area contributed by atoms with Gasteiger partial charge in [0.1, 0.15) is 0 Å². The van der Waals surface area contributed by atoms with Crippen LogP contribution < -0.4 is 4.31 Å². The molecule has 0 aliphatic carbocycles. The largest absolute Gasteiger partial charge is 0.481 e. The molecule has 0 radical (unpaired) electrons. The predicted molar refractivity (Wildman–Crippen MR) is 87.2 cm³/mol. The molecule has 22 heavy (non-hydrogen) atoms. The lowest BCUT2D eigenvalue weighted by Crippen LogP contribution is -2.42. The molecule has 1 aliphatic rings. The number of aliphatic carboxylic acids is 1. The molecule has 120 valence electrons. The Hall–Kier alpha value is -1.82. The van der Waals surface area contributed by atoms with E-state index in [0.29, 0.717) is 12.1 Å². The van der Waals surface area contributed by atoms with E-state index in [9.17, 15) is 18.3 Å².